The van der Waals surface area contributed by atoms with Crippen LogP contribution in [-0.4, -0.2) is 31.5 Å². The minimum atomic E-state index is -0.479. The van der Waals surface area contributed by atoms with Crippen LogP contribution in [0, 0.1) is 5.82 Å². The largest absolute Gasteiger partial charge is 0.385 e. The Hall–Kier alpha value is -3.75. The first-order valence-corrected chi connectivity index (χ1v) is 10.2. The third-order valence-corrected chi connectivity index (χ3v) is 5.69. The molecule has 0 amide bonds. The van der Waals surface area contributed by atoms with Gasteiger partial charge in [0.1, 0.15) is 18.0 Å². The highest BCUT2D eigenvalue weighted by Crippen LogP contribution is 2.45. The lowest BCUT2D eigenvalue weighted by Gasteiger charge is -2.33. The quantitative estimate of drug-likeness (QED) is 0.459. The number of benzene rings is 2. The van der Waals surface area contributed by atoms with Crippen LogP contribution in [-0.2, 0) is 7.05 Å². The Kier molecular flexibility index (Phi) is 4.65. The number of anilines is 2. The van der Waals surface area contributed by atoms with Crippen LogP contribution in [0.3, 0.4) is 0 Å². The molecule has 3 N–H and O–H groups in total. The molecule has 0 spiro atoms. The molecule has 31 heavy (non-hydrogen) atoms. The first-order valence-electron chi connectivity index (χ1n) is 10.2. The van der Waals surface area contributed by atoms with E-state index in [1.165, 1.54) is 18.5 Å². The van der Waals surface area contributed by atoms with E-state index in [9.17, 15) is 9.18 Å². The van der Waals surface area contributed by atoms with Crippen LogP contribution in [0.2, 0.25) is 0 Å². The van der Waals surface area contributed by atoms with Gasteiger partial charge in [0.05, 0.1) is 23.0 Å². The highest BCUT2D eigenvalue weighted by Gasteiger charge is 2.37. The highest BCUT2D eigenvalue weighted by molar-refractivity contribution is 5.97. The molecule has 0 saturated carbocycles. The maximum absolute atomic E-state index is 14.3. The van der Waals surface area contributed by atoms with Crippen molar-refractivity contribution in [3.05, 3.63) is 76.0 Å². The minimum absolute atomic E-state index is 0.261. The molecule has 2 atom stereocenters. The summed E-state index contributed by atoms with van der Waals surface area (Å²) in [4.78, 5) is 16.8. The van der Waals surface area contributed by atoms with E-state index in [4.69, 9.17) is 0 Å². The first kappa shape index (κ1) is 19.2. The van der Waals surface area contributed by atoms with E-state index in [-0.39, 0.29) is 17.3 Å². The summed E-state index contributed by atoms with van der Waals surface area (Å²) in [6, 6.07) is 10.5. The molecule has 0 aliphatic carbocycles. The van der Waals surface area contributed by atoms with Gasteiger partial charge in [0, 0.05) is 30.4 Å². The average Bonchev–Trinajstić information content (AvgIpc) is 3.19. The summed E-state index contributed by atoms with van der Waals surface area (Å²) < 4.78 is 16.0. The smallest absolute Gasteiger partial charge is 0.272 e. The zero-order valence-electron chi connectivity index (χ0n) is 17.2. The molecule has 5 rings (SSSR count). The number of aryl methyl sites for hydroxylation is 1. The normalized spacial score (nSPS) is 17.5. The van der Waals surface area contributed by atoms with Crippen molar-refractivity contribution in [2.45, 2.75) is 25.3 Å². The molecule has 0 saturated heterocycles. The van der Waals surface area contributed by atoms with Crippen molar-refractivity contribution >= 4 is 22.1 Å². The summed E-state index contributed by atoms with van der Waals surface area (Å²) in [6.45, 7) is 3.02. The fourth-order valence-corrected chi connectivity index (χ4v) is 4.25. The molecule has 2 aromatic carbocycles. The first-order chi connectivity index (χ1) is 15.1. The summed E-state index contributed by atoms with van der Waals surface area (Å²) in [5.41, 5.74) is 2.78. The van der Waals surface area contributed by atoms with Crippen molar-refractivity contribution in [2.24, 2.45) is 7.05 Å². The minimum Gasteiger partial charge on any atom is -0.385 e. The number of nitrogens with zero attached hydrogens (tertiary/aromatic N) is 4. The number of aromatic nitrogens is 5. The van der Waals surface area contributed by atoms with Crippen molar-refractivity contribution in [1.82, 2.24) is 25.0 Å². The van der Waals surface area contributed by atoms with Gasteiger partial charge in [-0.15, -0.1) is 0 Å². The van der Waals surface area contributed by atoms with Crippen LogP contribution in [0.5, 0.6) is 0 Å². The Morgan fingerprint density at radius 2 is 2.03 bits per heavy atom. The predicted molar refractivity (Wildman–Crippen MR) is 117 cm³/mol. The fourth-order valence-electron chi connectivity index (χ4n) is 4.25. The molecular formula is C22H22FN7O. The molecule has 9 heteroatoms. The molecule has 1 aliphatic heterocycles. The molecule has 0 fully saturated rings. The van der Waals surface area contributed by atoms with Gasteiger partial charge >= 0.3 is 0 Å². The summed E-state index contributed by atoms with van der Waals surface area (Å²) in [6.07, 6.45) is 2.53. The second kappa shape index (κ2) is 7.50. The Morgan fingerprint density at radius 3 is 2.74 bits per heavy atom. The zero-order valence-corrected chi connectivity index (χ0v) is 17.2. The average molecular weight is 419 g/mol. The third kappa shape index (κ3) is 3.22. The van der Waals surface area contributed by atoms with Crippen LogP contribution in [0.15, 0.2) is 47.5 Å². The molecular weight excluding hydrogens is 397 g/mol. The Morgan fingerprint density at radius 1 is 1.23 bits per heavy atom. The third-order valence-electron chi connectivity index (χ3n) is 5.69. The molecule has 0 radical (unpaired) electrons. The summed E-state index contributed by atoms with van der Waals surface area (Å²) in [5, 5.41) is 18.8. The summed E-state index contributed by atoms with van der Waals surface area (Å²) in [5.74, 6) is -0.117. The Balaban J connectivity index is 1.69. The molecule has 2 aromatic heterocycles. The lowest BCUT2D eigenvalue weighted by molar-refractivity contribution is 0.564. The second-order valence-corrected chi connectivity index (χ2v) is 7.70. The number of hydrogen-bond acceptors (Lipinski definition) is 6. The van der Waals surface area contributed by atoms with E-state index in [0.717, 1.165) is 24.2 Å². The monoisotopic (exact) mass is 419 g/mol. The standard InChI is InChI=1S/C22H22FN7O/c1-3-8-24-14-6-4-12(5-7-14)19-18(21-25-11-26-30(21)2)20-17-15(22(31)29-28-20)9-13(23)10-16(17)27-19/h4-7,9-11,18-19,24,27H,3,8H2,1-2H3,(H,29,31). The van der Waals surface area contributed by atoms with E-state index in [0.29, 0.717) is 22.6 Å². The van der Waals surface area contributed by atoms with Gasteiger partial charge in [0.25, 0.3) is 5.56 Å². The number of nitrogens with one attached hydrogen (secondary N) is 3. The van der Waals surface area contributed by atoms with Gasteiger partial charge in [-0.3, -0.25) is 9.48 Å². The van der Waals surface area contributed by atoms with Crippen LogP contribution >= 0.6 is 0 Å². The molecule has 3 heterocycles. The molecule has 4 aromatic rings. The zero-order chi connectivity index (χ0) is 21.5. The van der Waals surface area contributed by atoms with E-state index in [1.807, 2.05) is 31.3 Å². The van der Waals surface area contributed by atoms with Crippen molar-refractivity contribution < 1.29 is 4.39 Å². The number of aromatic amines is 1. The SMILES string of the molecule is CCCNc1ccc(C2Nc3cc(F)cc4c(=O)[nH]nc(c34)C2c2ncnn2C)cc1. The molecule has 0 bridgehead atoms. The van der Waals surface area contributed by atoms with Gasteiger partial charge in [-0.1, -0.05) is 19.1 Å². The summed E-state index contributed by atoms with van der Waals surface area (Å²) >= 11 is 0. The van der Waals surface area contributed by atoms with Gasteiger partial charge in [-0.2, -0.15) is 10.2 Å². The highest BCUT2D eigenvalue weighted by atomic mass is 19.1. The molecule has 8 nitrogen and oxygen atoms in total. The van der Waals surface area contributed by atoms with E-state index in [1.54, 1.807) is 4.68 Å². The van der Waals surface area contributed by atoms with Gasteiger partial charge in [-0.05, 0) is 36.2 Å². The van der Waals surface area contributed by atoms with Crippen LogP contribution in [0.4, 0.5) is 15.8 Å². The lowest BCUT2D eigenvalue weighted by Crippen LogP contribution is -2.30. The van der Waals surface area contributed by atoms with E-state index >= 15 is 0 Å². The van der Waals surface area contributed by atoms with Gasteiger partial charge in [0.2, 0.25) is 0 Å². The van der Waals surface area contributed by atoms with Crippen molar-refractivity contribution in [2.75, 3.05) is 17.2 Å². The molecule has 158 valence electrons. The number of halogens is 1. The van der Waals surface area contributed by atoms with Crippen molar-refractivity contribution in [3.63, 3.8) is 0 Å². The maximum atomic E-state index is 14.3. The Bertz CT molecular complexity index is 1310. The topological polar surface area (TPSA) is 101 Å². The van der Waals surface area contributed by atoms with Crippen molar-refractivity contribution in [3.8, 4) is 0 Å². The van der Waals surface area contributed by atoms with Gasteiger partial charge in [-0.25, -0.2) is 14.5 Å². The van der Waals surface area contributed by atoms with E-state index in [2.05, 4.69) is 37.8 Å². The maximum Gasteiger partial charge on any atom is 0.272 e. The molecule has 2 unspecified atom stereocenters. The fraction of sp³-hybridized carbons (Fsp3) is 0.273. The van der Waals surface area contributed by atoms with Gasteiger partial charge in [0.15, 0.2) is 0 Å². The van der Waals surface area contributed by atoms with Crippen LogP contribution in [0.25, 0.3) is 10.8 Å². The van der Waals surface area contributed by atoms with Crippen molar-refractivity contribution in [1.29, 1.82) is 0 Å². The summed E-state index contributed by atoms with van der Waals surface area (Å²) in [7, 11) is 1.82. The second-order valence-electron chi connectivity index (χ2n) is 7.70. The van der Waals surface area contributed by atoms with E-state index < -0.39 is 11.4 Å². The number of hydrogen-bond donors (Lipinski definition) is 3. The van der Waals surface area contributed by atoms with Crippen LogP contribution < -0.4 is 16.2 Å². The Labute approximate surface area is 177 Å². The lowest BCUT2D eigenvalue weighted by atomic mass is 9.83. The van der Waals surface area contributed by atoms with Gasteiger partial charge < -0.3 is 10.6 Å². The number of H-pyrrole nitrogens is 1. The number of rotatable bonds is 5. The predicted octanol–water partition coefficient (Wildman–Crippen LogP) is 3.31. The molecule has 1 aliphatic rings. The van der Waals surface area contributed by atoms with Crippen LogP contribution in [0.1, 0.15) is 42.4 Å².